The lowest BCUT2D eigenvalue weighted by atomic mass is 10.1. The van der Waals surface area contributed by atoms with Crippen molar-refractivity contribution in [3.8, 4) is 0 Å². The van der Waals surface area contributed by atoms with Crippen LogP contribution in [0.3, 0.4) is 0 Å². The summed E-state index contributed by atoms with van der Waals surface area (Å²) >= 11 is 0. The summed E-state index contributed by atoms with van der Waals surface area (Å²) in [6, 6.07) is -1.19. The highest BCUT2D eigenvalue weighted by atomic mass is 16.4. The molecule has 0 radical (unpaired) electrons. The number of amides is 1. The molecule has 0 aromatic rings. The van der Waals surface area contributed by atoms with Crippen molar-refractivity contribution in [3.63, 3.8) is 0 Å². The minimum atomic E-state index is -0.890. The molecule has 0 aromatic carbocycles. The molecule has 1 amide bonds. The van der Waals surface area contributed by atoms with Crippen molar-refractivity contribution < 1.29 is 14.7 Å². The fourth-order valence-corrected chi connectivity index (χ4v) is 3.11. The first kappa shape index (κ1) is 12.4. The van der Waals surface area contributed by atoms with Crippen LogP contribution in [0.2, 0.25) is 0 Å². The normalized spacial score (nSPS) is 36.5. The lowest BCUT2D eigenvalue weighted by molar-refractivity contribution is -0.150. The third-order valence-electron chi connectivity index (χ3n) is 4.20. The molecule has 17 heavy (non-hydrogen) atoms. The van der Waals surface area contributed by atoms with E-state index in [4.69, 9.17) is 5.73 Å². The summed E-state index contributed by atoms with van der Waals surface area (Å²) in [5.41, 5.74) is 5.78. The van der Waals surface area contributed by atoms with E-state index in [0.29, 0.717) is 24.8 Å². The average Bonchev–Trinajstić information content (AvgIpc) is 2.76. The van der Waals surface area contributed by atoms with Crippen molar-refractivity contribution in [2.24, 2.45) is 23.5 Å². The first-order valence-electron chi connectivity index (χ1n) is 6.27. The standard InChI is InChI=1S/C12H20N2O3/c1-3-4-8(13)11(15)14-5-7-6(2)9(7)10(14)12(16)17/h6-10H,3-5,13H2,1-2H3,(H,16,17)/t6?,7-,8?,9+,10+/m1/s1. The summed E-state index contributed by atoms with van der Waals surface area (Å²) in [5.74, 6) is -0.140. The Morgan fingerprint density at radius 3 is 2.71 bits per heavy atom. The Balaban J connectivity index is 2.07. The Morgan fingerprint density at radius 2 is 2.18 bits per heavy atom. The van der Waals surface area contributed by atoms with E-state index >= 15 is 0 Å². The quantitative estimate of drug-likeness (QED) is 0.740. The summed E-state index contributed by atoms with van der Waals surface area (Å²) in [6.07, 6.45) is 1.45. The zero-order valence-corrected chi connectivity index (χ0v) is 10.3. The topological polar surface area (TPSA) is 83.6 Å². The number of carbonyl (C=O) groups excluding carboxylic acids is 1. The number of piperidine rings is 1. The smallest absolute Gasteiger partial charge is 0.326 e. The van der Waals surface area contributed by atoms with Crippen LogP contribution in [0.1, 0.15) is 26.7 Å². The lowest BCUT2D eigenvalue weighted by Crippen LogP contribution is -2.50. The van der Waals surface area contributed by atoms with Gasteiger partial charge in [0.1, 0.15) is 6.04 Å². The van der Waals surface area contributed by atoms with Gasteiger partial charge in [-0.15, -0.1) is 0 Å². The highest BCUT2D eigenvalue weighted by Crippen LogP contribution is 2.55. The van der Waals surface area contributed by atoms with Gasteiger partial charge in [0.05, 0.1) is 6.04 Å². The van der Waals surface area contributed by atoms with Crippen LogP contribution in [-0.2, 0) is 9.59 Å². The van der Waals surface area contributed by atoms with Crippen molar-refractivity contribution >= 4 is 11.9 Å². The summed E-state index contributed by atoms with van der Waals surface area (Å²) in [6.45, 7) is 4.59. The third kappa shape index (κ3) is 1.92. The number of carbonyl (C=O) groups is 2. The number of hydrogen-bond acceptors (Lipinski definition) is 3. The number of nitrogens with zero attached hydrogens (tertiary/aromatic N) is 1. The van der Waals surface area contributed by atoms with Gasteiger partial charge in [0.15, 0.2) is 0 Å². The Kier molecular flexibility index (Phi) is 3.12. The zero-order chi connectivity index (χ0) is 12.7. The van der Waals surface area contributed by atoms with E-state index in [1.165, 1.54) is 4.90 Å². The first-order valence-corrected chi connectivity index (χ1v) is 6.27. The molecule has 2 unspecified atom stereocenters. The maximum absolute atomic E-state index is 12.1. The van der Waals surface area contributed by atoms with Crippen molar-refractivity contribution in [2.45, 2.75) is 38.8 Å². The van der Waals surface area contributed by atoms with Gasteiger partial charge in [0.2, 0.25) is 5.91 Å². The fourth-order valence-electron chi connectivity index (χ4n) is 3.11. The van der Waals surface area contributed by atoms with E-state index < -0.39 is 18.1 Å². The molecule has 0 aromatic heterocycles. The fraction of sp³-hybridized carbons (Fsp3) is 0.833. The van der Waals surface area contributed by atoms with Crippen LogP contribution in [0.15, 0.2) is 0 Å². The molecule has 2 rings (SSSR count). The average molecular weight is 240 g/mol. The van der Waals surface area contributed by atoms with Gasteiger partial charge in [-0.2, -0.15) is 0 Å². The number of hydrogen-bond donors (Lipinski definition) is 2. The molecule has 5 heteroatoms. The van der Waals surface area contributed by atoms with Gasteiger partial charge in [0.25, 0.3) is 0 Å². The summed E-state index contributed by atoms with van der Waals surface area (Å²) in [5, 5.41) is 9.22. The number of likely N-dealkylation sites (tertiary alicyclic amines) is 1. The van der Waals surface area contributed by atoms with E-state index in [-0.39, 0.29) is 11.8 Å². The molecule has 1 saturated carbocycles. The van der Waals surface area contributed by atoms with Gasteiger partial charge in [-0.25, -0.2) is 4.79 Å². The van der Waals surface area contributed by atoms with Crippen molar-refractivity contribution in [2.75, 3.05) is 6.54 Å². The summed E-state index contributed by atoms with van der Waals surface area (Å²) in [4.78, 5) is 24.8. The molecular weight excluding hydrogens is 220 g/mol. The first-order chi connectivity index (χ1) is 7.99. The molecule has 1 heterocycles. The van der Waals surface area contributed by atoms with Gasteiger partial charge >= 0.3 is 5.97 Å². The van der Waals surface area contributed by atoms with Crippen LogP contribution < -0.4 is 5.73 Å². The molecule has 2 aliphatic rings. The minimum absolute atomic E-state index is 0.144. The Labute approximate surface area is 101 Å². The van der Waals surface area contributed by atoms with Gasteiger partial charge in [0, 0.05) is 6.54 Å². The molecular formula is C12H20N2O3. The van der Waals surface area contributed by atoms with Crippen LogP contribution in [0.25, 0.3) is 0 Å². The molecule has 1 saturated heterocycles. The molecule has 3 N–H and O–H groups in total. The SMILES string of the molecule is CCCC(N)C(=O)N1C[C@@H]2C(C)[C@@H]2[C@H]1C(=O)O. The maximum atomic E-state index is 12.1. The van der Waals surface area contributed by atoms with E-state index in [2.05, 4.69) is 6.92 Å². The van der Waals surface area contributed by atoms with Gasteiger partial charge in [-0.3, -0.25) is 4.79 Å². The summed E-state index contributed by atoms with van der Waals surface area (Å²) < 4.78 is 0. The van der Waals surface area contributed by atoms with Crippen molar-refractivity contribution in [3.05, 3.63) is 0 Å². The van der Waals surface area contributed by atoms with Gasteiger partial charge in [-0.1, -0.05) is 20.3 Å². The Morgan fingerprint density at radius 1 is 1.53 bits per heavy atom. The van der Waals surface area contributed by atoms with Crippen LogP contribution in [-0.4, -0.2) is 40.5 Å². The van der Waals surface area contributed by atoms with E-state index in [1.807, 2.05) is 6.92 Å². The van der Waals surface area contributed by atoms with E-state index in [1.54, 1.807) is 0 Å². The van der Waals surface area contributed by atoms with Crippen molar-refractivity contribution in [1.29, 1.82) is 0 Å². The zero-order valence-electron chi connectivity index (χ0n) is 10.3. The van der Waals surface area contributed by atoms with Gasteiger partial charge < -0.3 is 15.7 Å². The van der Waals surface area contributed by atoms with Crippen LogP contribution in [0.4, 0.5) is 0 Å². The van der Waals surface area contributed by atoms with Crippen LogP contribution >= 0.6 is 0 Å². The molecule has 5 atom stereocenters. The second kappa shape index (κ2) is 4.29. The number of carboxylic acid groups (broad SMARTS) is 1. The molecule has 1 aliphatic heterocycles. The third-order valence-corrected chi connectivity index (χ3v) is 4.20. The molecule has 1 aliphatic carbocycles. The highest BCUT2D eigenvalue weighted by Gasteiger charge is 2.62. The highest BCUT2D eigenvalue weighted by molar-refractivity contribution is 5.88. The molecule has 0 bridgehead atoms. The van der Waals surface area contributed by atoms with E-state index in [0.717, 1.165) is 6.42 Å². The number of nitrogens with two attached hydrogens (primary N) is 1. The largest absolute Gasteiger partial charge is 0.480 e. The predicted molar refractivity (Wildman–Crippen MR) is 62.2 cm³/mol. The molecule has 96 valence electrons. The number of carboxylic acids is 1. The minimum Gasteiger partial charge on any atom is -0.480 e. The molecule has 2 fully saturated rings. The Hall–Kier alpha value is -1.10. The lowest BCUT2D eigenvalue weighted by Gasteiger charge is -2.28. The predicted octanol–water partition coefficient (Wildman–Crippen LogP) is 0.291. The Bertz CT molecular complexity index is 345. The second-order valence-corrected chi connectivity index (χ2v) is 5.27. The number of fused-ring (bicyclic) bond motifs is 1. The van der Waals surface area contributed by atoms with E-state index in [9.17, 15) is 14.7 Å². The van der Waals surface area contributed by atoms with Crippen LogP contribution in [0.5, 0.6) is 0 Å². The maximum Gasteiger partial charge on any atom is 0.326 e. The monoisotopic (exact) mass is 240 g/mol. The van der Waals surface area contributed by atoms with Gasteiger partial charge in [-0.05, 0) is 24.2 Å². The number of rotatable bonds is 4. The number of aliphatic carboxylic acids is 1. The van der Waals surface area contributed by atoms with Crippen molar-refractivity contribution in [1.82, 2.24) is 4.90 Å². The molecule has 0 spiro atoms. The van der Waals surface area contributed by atoms with Crippen LogP contribution in [0, 0.1) is 17.8 Å². The summed E-state index contributed by atoms with van der Waals surface area (Å²) in [7, 11) is 0. The second-order valence-electron chi connectivity index (χ2n) is 5.27. The molecule has 5 nitrogen and oxygen atoms in total.